The van der Waals surface area contributed by atoms with Gasteiger partial charge in [0.05, 0.1) is 23.1 Å². The third-order valence-electron chi connectivity index (χ3n) is 4.92. The second-order valence-corrected chi connectivity index (χ2v) is 7.54. The molecule has 2 N–H and O–H groups in total. The Hall–Kier alpha value is -3.58. The van der Waals surface area contributed by atoms with Crippen molar-refractivity contribution in [3.8, 4) is 0 Å². The zero-order valence-corrected chi connectivity index (χ0v) is 17.9. The van der Waals surface area contributed by atoms with E-state index >= 15 is 0 Å². The number of benzene rings is 2. The number of hydrogen-bond acceptors (Lipinski definition) is 6. The first-order valence-electron chi connectivity index (χ1n) is 9.84. The third-order valence-corrected chi connectivity index (χ3v) is 5.24. The van der Waals surface area contributed by atoms with Gasteiger partial charge < -0.3 is 10.3 Å². The number of hydrogen-bond donors (Lipinski definition) is 2. The summed E-state index contributed by atoms with van der Waals surface area (Å²) in [5.74, 6) is 0.534. The average molecular weight is 433 g/mol. The summed E-state index contributed by atoms with van der Waals surface area (Å²) in [5, 5.41) is 3.84. The Morgan fingerprint density at radius 1 is 1.13 bits per heavy atom. The van der Waals surface area contributed by atoms with Gasteiger partial charge in [0.1, 0.15) is 11.8 Å². The molecule has 0 fully saturated rings. The average Bonchev–Trinajstić information content (AvgIpc) is 3.24. The van der Waals surface area contributed by atoms with Crippen molar-refractivity contribution < 1.29 is 4.79 Å². The van der Waals surface area contributed by atoms with Crippen LogP contribution in [0.4, 0.5) is 11.5 Å². The molecule has 2 aromatic carbocycles. The maximum Gasteiger partial charge on any atom is 0.162 e. The quantitative estimate of drug-likeness (QED) is 0.315. The molecule has 7 nitrogen and oxygen atoms in total. The summed E-state index contributed by atoms with van der Waals surface area (Å²) in [6, 6.07) is 15.0. The van der Waals surface area contributed by atoms with Gasteiger partial charge >= 0.3 is 0 Å². The van der Waals surface area contributed by atoms with E-state index in [4.69, 9.17) is 16.6 Å². The molecule has 0 spiro atoms. The van der Waals surface area contributed by atoms with Crippen LogP contribution in [0, 0.1) is 0 Å². The second-order valence-electron chi connectivity index (χ2n) is 7.13. The van der Waals surface area contributed by atoms with Crippen LogP contribution in [0.15, 0.2) is 66.2 Å². The number of aromatic nitrogens is 4. The van der Waals surface area contributed by atoms with Crippen molar-refractivity contribution >= 4 is 45.8 Å². The molecule has 31 heavy (non-hydrogen) atoms. The largest absolute Gasteiger partial charge is 0.360 e. The molecule has 0 radical (unpaired) electrons. The lowest BCUT2D eigenvalue weighted by molar-refractivity contribution is 0.101. The van der Waals surface area contributed by atoms with E-state index in [1.54, 1.807) is 12.4 Å². The van der Waals surface area contributed by atoms with Crippen molar-refractivity contribution in [2.75, 3.05) is 5.32 Å². The van der Waals surface area contributed by atoms with Crippen LogP contribution in [0.25, 0.3) is 11.2 Å². The molecule has 0 aliphatic carbocycles. The van der Waals surface area contributed by atoms with Crippen molar-refractivity contribution in [2.45, 2.75) is 26.3 Å². The fourth-order valence-electron chi connectivity index (χ4n) is 3.42. The van der Waals surface area contributed by atoms with Gasteiger partial charge in [-0.15, -0.1) is 0 Å². The molecule has 8 heteroatoms. The number of aliphatic imine (C=N–C) groups is 1. The van der Waals surface area contributed by atoms with Crippen molar-refractivity contribution in [1.82, 2.24) is 19.9 Å². The van der Waals surface area contributed by atoms with Crippen LogP contribution in [0.2, 0.25) is 5.02 Å². The summed E-state index contributed by atoms with van der Waals surface area (Å²) in [5.41, 5.74) is 4.31. The second kappa shape index (κ2) is 9.06. The van der Waals surface area contributed by atoms with Crippen molar-refractivity contribution in [1.29, 1.82) is 0 Å². The molecule has 0 aliphatic heterocycles. The lowest BCUT2D eigenvalue weighted by Gasteiger charge is -2.19. The minimum Gasteiger partial charge on any atom is -0.360 e. The van der Waals surface area contributed by atoms with Crippen LogP contribution in [-0.2, 0) is 6.42 Å². The highest BCUT2D eigenvalue weighted by molar-refractivity contribution is 6.34. The lowest BCUT2D eigenvalue weighted by Crippen LogP contribution is -2.29. The predicted octanol–water partition coefficient (Wildman–Crippen LogP) is 5.02. The maximum absolute atomic E-state index is 12.2. The molecule has 0 unspecified atom stereocenters. The number of imidazole rings is 1. The fraction of sp³-hybridized carbons (Fsp3) is 0.174. The fourth-order valence-corrected chi connectivity index (χ4v) is 3.75. The minimum atomic E-state index is -0.200. The lowest BCUT2D eigenvalue weighted by atomic mass is 9.96. The Morgan fingerprint density at radius 3 is 2.71 bits per heavy atom. The summed E-state index contributed by atoms with van der Waals surface area (Å²) in [7, 11) is 0. The van der Waals surface area contributed by atoms with Gasteiger partial charge in [0, 0.05) is 17.7 Å². The number of fused-ring (bicyclic) bond motifs is 1. The number of ketones is 1. The Morgan fingerprint density at radius 2 is 1.94 bits per heavy atom. The number of Topliss-reactive ketones (excluding diaryl/α,β-unsaturated/α-hetero) is 1. The highest BCUT2D eigenvalue weighted by Crippen LogP contribution is 2.24. The molecule has 1 atom stereocenters. The van der Waals surface area contributed by atoms with Crippen LogP contribution in [0.1, 0.15) is 29.8 Å². The highest BCUT2D eigenvalue weighted by Gasteiger charge is 2.19. The maximum atomic E-state index is 12.2. The van der Waals surface area contributed by atoms with Crippen molar-refractivity contribution in [3.05, 3.63) is 77.3 Å². The van der Waals surface area contributed by atoms with E-state index in [2.05, 4.69) is 25.3 Å². The summed E-state index contributed by atoms with van der Waals surface area (Å²) in [4.78, 5) is 32.9. The number of rotatable bonds is 7. The SMILES string of the molecule is CC(=O)c1c(Cl)cccc1C/C(=N/c1ccccc1)[C@H](C)Nc1ncnc2[nH]cnc12. The summed E-state index contributed by atoms with van der Waals surface area (Å²) in [6.45, 7) is 3.52. The summed E-state index contributed by atoms with van der Waals surface area (Å²) < 4.78 is 0. The van der Waals surface area contributed by atoms with E-state index in [0.717, 1.165) is 17.0 Å². The molecule has 0 bridgehead atoms. The molecule has 0 aliphatic rings. The molecular weight excluding hydrogens is 412 g/mol. The smallest absolute Gasteiger partial charge is 0.162 e. The molecule has 4 aromatic rings. The monoisotopic (exact) mass is 432 g/mol. The van der Waals surface area contributed by atoms with Crippen LogP contribution in [0.3, 0.4) is 0 Å². The van der Waals surface area contributed by atoms with Gasteiger partial charge in [-0.05, 0) is 37.6 Å². The standard InChI is InChI=1S/C23H21ClN6O/c1-14(29-23-21-22(26-12-25-21)27-13-28-23)19(30-17-8-4-3-5-9-17)11-16-7-6-10-18(24)20(16)15(2)31/h3-10,12-14H,11H2,1-2H3,(H2,25,26,27,28,29)/b30-19-/t14-/m0/s1. The first-order valence-corrected chi connectivity index (χ1v) is 10.2. The first-order chi connectivity index (χ1) is 15.0. The third kappa shape index (κ3) is 4.62. The number of carbonyl (C=O) groups is 1. The van der Waals surface area contributed by atoms with Gasteiger partial charge in [0.25, 0.3) is 0 Å². The number of halogens is 1. The molecule has 156 valence electrons. The number of carbonyl (C=O) groups excluding carboxylic acids is 1. The Balaban J connectivity index is 1.72. The number of nitrogens with one attached hydrogen (secondary N) is 2. The summed E-state index contributed by atoms with van der Waals surface area (Å²) >= 11 is 6.33. The minimum absolute atomic E-state index is 0.0747. The Bertz CT molecular complexity index is 1250. The van der Waals surface area contributed by atoms with E-state index in [-0.39, 0.29) is 11.8 Å². The van der Waals surface area contributed by atoms with E-state index in [1.807, 2.05) is 49.4 Å². The number of nitrogens with zero attached hydrogens (tertiary/aromatic N) is 4. The first kappa shape index (κ1) is 20.7. The van der Waals surface area contributed by atoms with Crippen molar-refractivity contribution in [3.63, 3.8) is 0 Å². The molecule has 2 aromatic heterocycles. The summed E-state index contributed by atoms with van der Waals surface area (Å²) in [6.07, 6.45) is 3.51. The molecule has 0 saturated carbocycles. The number of H-pyrrole nitrogens is 1. The highest BCUT2D eigenvalue weighted by atomic mass is 35.5. The zero-order valence-electron chi connectivity index (χ0n) is 17.1. The molecule has 2 heterocycles. The van der Waals surface area contributed by atoms with Crippen LogP contribution >= 0.6 is 11.6 Å². The van der Waals surface area contributed by atoms with E-state index in [0.29, 0.717) is 34.0 Å². The molecule has 0 amide bonds. The van der Waals surface area contributed by atoms with Gasteiger partial charge in [0.2, 0.25) is 0 Å². The molecule has 4 rings (SSSR count). The number of aromatic amines is 1. The predicted molar refractivity (Wildman–Crippen MR) is 123 cm³/mol. The van der Waals surface area contributed by atoms with Crippen molar-refractivity contribution in [2.24, 2.45) is 4.99 Å². The Kier molecular flexibility index (Phi) is 6.04. The number of anilines is 1. The van der Waals surface area contributed by atoms with Crippen LogP contribution in [-0.4, -0.2) is 37.5 Å². The Labute approximate surface area is 184 Å². The van der Waals surface area contributed by atoms with E-state index in [1.165, 1.54) is 13.3 Å². The topological polar surface area (TPSA) is 95.9 Å². The van der Waals surface area contributed by atoms with Gasteiger partial charge in [-0.2, -0.15) is 0 Å². The van der Waals surface area contributed by atoms with E-state index < -0.39 is 0 Å². The normalized spacial score (nSPS) is 12.7. The molecular formula is C23H21ClN6O. The van der Waals surface area contributed by atoms with E-state index in [9.17, 15) is 4.79 Å². The zero-order chi connectivity index (χ0) is 21.8. The van der Waals surface area contributed by atoms with Gasteiger partial charge in [-0.1, -0.05) is 41.9 Å². The van der Waals surface area contributed by atoms with Gasteiger partial charge in [-0.25, -0.2) is 15.0 Å². The van der Waals surface area contributed by atoms with Crippen LogP contribution < -0.4 is 5.32 Å². The van der Waals surface area contributed by atoms with Crippen LogP contribution in [0.5, 0.6) is 0 Å². The van der Waals surface area contributed by atoms with Gasteiger partial charge in [-0.3, -0.25) is 9.79 Å². The van der Waals surface area contributed by atoms with Gasteiger partial charge in [0.15, 0.2) is 17.2 Å². The number of para-hydroxylation sites is 1. The molecule has 0 saturated heterocycles.